The smallest absolute Gasteiger partial charge is 0.392 e. The Morgan fingerprint density at radius 3 is 2.11 bits per heavy atom. The van der Waals surface area contributed by atoms with E-state index in [-0.39, 0.29) is 6.42 Å². The van der Waals surface area contributed by atoms with Crippen molar-refractivity contribution in [1.82, 2.24) is 0 Å². The third kappa shape index (κ3) is 6.40. The maximum absolute atomic E-state index is 14.6. The molecule has 37 heavy (non-hydrogen) atoms. The van der Waals surface area contributed by atoms with E-state index in [0.29, 0.717) is 23.6 Å². The molecule has 2 nitrogen and oxygen atoms in total. The van der Waals surface area contributed by atoms with Crippen LogP contribution < -0.4 is 4.74 Å². The van der Waals surface area contributed by atoms with Gasteiger partial charge in [-0.15, -0.1) is 0 Å². The molecule has 0 radical (unpaired) electrons. The van der Waals surface area contributed by atoms with Gasteiger partial charge in [0.15, 0.2) is 29.8 Å². The molecule has 200 valence electrons. The highest BCUT2D eigenvalue weighted by Gasteiger charge is 2.52. The molecule has 2 aromatic rings. The summed E-state index contributed by atoms with van der Waals surface area (Å²) < 4.78 is 93.1. The van der Waals surface area contributed by atoms with Crippen LogP contribution in [0.4, 0.5) is 26.3 Å². The number of allylic oxidation sites excluding steroid dienone is 2. The van der Waals surface area contributed by atoms with Crippen LogP contribution in [0.1, 0.15) is 63.4 Å². The molecule has 0 bridgehead atoms. The molecule has 0 spiro atoms. The Labute approximate surface area is 213 Å². The van der Waals surface area contributed by atoms with Gasteiger partial charge in [0, 0.05) is 0 Å². The molecule has 0 N–H and O–H groups in total. The summed E-state index contributed by atoms with van der Waals surface area (Å²) in [6.07, 6.45) is 3.72. The van der Waals surface area contributed by atoms with Gasteiger partial charge in [-0.25, -0.2) is 13.2 Å². The quantitative estimate of drug-likeness (QED) is 0.304. The van der Waals surface area contributed by atoms with Crippen LogP contribution in [0.5, 0.6) is 5.75 Å². The Hall–Kier alpha value is -2.74. The third-order valence-electron chi connectivity index (χ3n) is 7.09. The molecule has 1 saturated carbocycles. The summed E-state index contributed by atoms with van der Waals surface area (Å²) in [5.74, 6) is -7.81. The molecule has 0 amide bonds. The van der Waals surface area contributed by atoms with E-state index in [2.05, 4.69) is 11.7 Å². The van der Waals surface area contributed by atoms with Crippen LogP contribution in [0, 0.1) is 11.7 Å². The van der Waals surface area contributed by atoms with E-state index in [0.717, 1.165) is 36.5 Å². The Balaban J connectivity index is 1.37. The minimum atomic E-state index is -4.45. The Morgan fingerprint density at radius 1 is 0.892 bits per heavy atom. The molecule has 0 aliphatic heterocycles. The zero-order chi connectivity index (χ0) is 26.6. The number of benzene rings is 2. The monoisotopic (exact) mass is 524 g/mol. The minimum Gasteiger partial charge on any atom is -0.481 e. The molecule has 8 heteroatoms. The average molecular weight is 525 g/mol. The molecule has 0 saturated heterocycles. The number of ether oxygens (including phenoxy) is 2. The van der Waals surface area contributed by atoms with Crippen molar-refractivity contribution in [1.29, 1.82) is 0 Å². The highest BCUT2D eigenvalue weighted by molar-refractivity contribution is 5.64. The van der Waals surface area contributed by atoms with Crippen LogP contribution in [0.3, 0.4) is 0 Å². The van der Waals surface area contributed by atoms with Crippen molar-refractivity contribution in [3.8, 4) is 16.9 Å². The molecule has 2 aliphatic rings. The fraction of sp³-hybridized carbons (Fsp3) is 0.448. The summed E-state index contributed by atoms with van der Waals surface area (Å²) in [6.45, 7) is 0.569. The average Bonchev–Trinajstić information content (AvgIpc) is 2.87. The minimum absolute atomic E-state index is 0.297. The first-order valence-corrected chi connectivity index (χ1v) is 12.6. The molecule has 1 fully saturated rings. The fourth-order valence-electron chi connectivity index (χ4n) is 5.07. The molecule has 0 aromatic heterocycles. The highest BCUT2D eigenvalue weighted by atomic mass is 19.3. The van der Waals surface area contributed by atoms with Crippen LogP contribution >= 0.6 is 0 Å². The zero-order valence-corrected chi connectivity index (χ0v) is 20.6. The fourth-order valence-corrected chi connectivity index (χ4v) is 5.07. The molecule has 0 heterocycles. The molecule has 0 atom stereocenters. The lowest BCUT2D eigenvalue weighted by molar-refractivity contribution is -0.324. The van der Waals surface area contributed by atoms with E-state index in [1.165, 1.54) is 37.3 Å². The summed E-state index contributed by atoms with van der Waals surface area (Å²) in [7, 11) is 0. The summed E-state index contributed by atoms with van der Waals surface area (Å²) in [4.78, 5) is 0. The van der Waals surface area contributed by atoms with Crippen LogP contribution in [0.25, 0.3) is 11.1 Å². The van der Waals surface area contributed by atoms with Gasteiger partial charge in [-0.05, 0) is 84.9 Å². The number of alkyl halides is 3. The van der Waals surface area contributed by atoms with E-state index in [1.54, 1.807) is 0 Å². The number of hydrogen-bond acceptors (Lipinski definition) is 2. The summed E-state index contributed by atoms with van der Waals surface area (Å²) in [5, 5.41) is 0. The number of hydrogen-bond donors (Lipinski definition) is 0. The van der Waals surface area contributed by atoms with Crippen molar-refractivity contribution in [3.05, 3.63) is 77.7 Å². The van der Waals surface area contributed by atoms with Gasteiger partial charge in [-0.1, -0.05) is 50.1 Å². The van der Waals surface area contributed by atoms with E-state index in [9.17, 15) is 26.3 Å². The normalized spacial score (nSPS) is 21.8. The van der Waals surface area contributed by atoms with Gasteiger partial charge in [-0.3, -0.25) is 4.74 Å². The SMILES string of the molecule is CCCC1CCC(c2ccc(-c3ccc(OCC(F)(F)OC4(F)C(F)=CCC=C4F)c(F)c3)cc2)CC1. The van der Waals surface area contributed by atoms with Gasteiger partial charge in [0.2, 0.25) is 0 Å². The maximum Gasteiger partial charge on any atom is 0.392 e. The number of halogens is 6. The Kier molecular flexibility index (Phi) is 8.36. The summed E-state index contributed by atoms with van der Waals surface area (Å²) in [6, 6.07) is 11.7. The van der Waals surface area contributed by atoms with Crippen LogP contribution in [-0.2, 0) is 4.74 Å². The van der Waals surface area contributed by atoms with Crippen LogP contribution in [0.2, 0.25) is 0 Å². The van der Waals surface area contributed by atoms with Gasteiger partial charge in [0.25, 0.3) is 0 Å². The summed E-state index contributed by atoms with van der Waals surface area (Å²) >= 11 is 0. The molecule has 4 rings (SSSR count). The topological polar surface area (TPSA) is 18.5 Å². The van der Waals surface area contributed by atoms with Crippen molar-refractivity contribution in [2.24, 2.45) is 5.92 Å². The Morgan fingerprint density at radius 2 is 1.51 bits per heavy atom. The van der Waals surface area contributed by atoms with Gasteiger partial charge in [-0.2, -0.15) is 13.2 Å². The molecular weight excluding hydrogens is 494 g/mol. The molecule has 2 aromatic carbocycles. The van der Waals surface area contributed by atoms with Gasteiger partial charge < -0.3 is 4.74 Å². The van der Waals surface area contributed by atoms with Crippen molar-refractivity contribution >= 4 is 0 Å². The summed E-state index contributed by atoms with van der Waals surface area (Å²) in [5.41, 5.74) is 2.53. The first kappa shape index (κ1) is 27.3. The lowest BCUT2D eigenvalue weighted by atomic mass is 9.77. The maximum atomic E-state index is 14.6. The van der Waals surface area contributed by atoms with Gasteiger partial charge in [0.05, 0.1) is 0 Å². The Bertz CT molecular complexity index is 1120. The third-order valence-corrected chi connectivity index (χ3v) is 7.09. The van der Waals surface area contributed by atoms with Crippen molar-refractivity contribution < 1.29 is 35.8 Å². The lowest BCUT2D eigenvalue weighted by Gasteiger charge is -2.29. The van der Waals surface area contributed by atoms with Crippen LogP contribution in [-0.4, -0.2) is 18.6 Å². The van der Waals surface area contributed by atoms with E-state index in [1.807, 2.05) is 24.3 Å². The van der Waals surface area contributed by atoms with Gasteiger partial charge >= 0.3 is 12.0 Å². The van der Waals surface area contributed by atoms with Crippen molar-refractivity contribution in [3.63, 3.8) is 0 Å². The van der Waals surface area contributed by atoms with Gasteiger partial charge in [0.1, 0.15) is 0 Å². The first-order valence-electron chi connectivity index (χ1n) is 12.6. The van der Waals surface area contributed by atoms with E-state index >= 15 is 0 Å². The number of rotatable bonds is 9. The predicted molar refractivity (Wildman–Crippen MR) is 130 cm³/mol. The second kappa shape index (κ2) is 11.3. The second-order valence-electron chi connectivity index (χ2n) is 9.74. The molecular formula is C29H30F6O2. The van der Waals surface area contributed by atoms with E-state index in [4.69, 9.17) is 4.74 Å². The largest absolute Gasteiger partial charge is 0.481 e. The van der Waals surface area contributed by atoms with E-state index < -0.39 is 41.8 Å². The lowest BCUT2D eigenvalue weighted by Crippen LogP contribution is -2.42. The predicted octanol–water partition coefficient (Wildman–Crippen LogP) is 9.33. The standard InChI is InChI=1S/C29H30F6O2/c1-2-4-19-7-9-20(10-8-19)21-11-13-22(14-12-21)23-15-16-25(24(30)17-23)36-18-28(33,34)37-29(35)26(31)5-3-6-27(29)32/h5-6,11-17,19-20H,2-4,7-10,18H2,1H3. The van der Waals surface area contributed by atoms with Crippen LogP contribution in [0.15, 0.2) is 66.3 Å². The first-order chi connectivity index (χ1) is 17.6. The van der Waals surface area contributed by atoms with Crippen molar-refractivity contribution in [2.45, 2.75) is 69.8 Å². The molecule has 2 aliphatic carbocycles. The zero-order valence-electron chi connectivity index (χ0n) is 20.6. The van der Waals surface area contributed by atoms with Crippen molar-refractivity contribution in [2.75, 3.05) is 6.61 Å². The highest BCUT2D eigenvalue weighted by Crippen LogP contribution is 2.42. The second-order valence-corrected chi connectivity index (χ2v) is 9.74. The molecule has 0 unspecified atom stereocenters.